The van der Waals surface area contributed by atoms with Crippen molar-refractivity contribution in [2.45, 2.75) is 45.4 Å². The van der Waals surface area contributed by atoms with Gasteiger partial charge in [-0.15, -0.1) is 0 Å². The Morgan fingerprint density at radius 1 is 1.53 bits per heavy atom. The summed E-state index contributed by atoms with van der Waals surface area (Å²) >= 11 is 0. The number of hydrazine groups is 1. The maximum atomic E-state index is 11.8. The zero-order chi connectivity index (χ0) is 12.7. The van der Waals surface area contributed by atoms with Crippen molar-refractivity contribution >= 4 is 11.8 Å². The van der Waals surface area contributed by atoms with Crippen LogP contribution >= 0.6 is 0 Å². The lowest BCUT2D eigenvalue weighted by molar-refractivity contribution is -0.131. The van der Waals surface area contributed by atoms with E-state index in [-0.39, 0.29) is 11.8 Å². The highest BCUT2D eigenvalue weighted by Gasteiger charge is 2.22. The Morgan fingerprint density at radius 3 is 2.94 bits per heavy atom. The molecule has 0 aromatic rings. The summed E-state index contributed by atoms with van der Waals surface area (Å²) in [7, 11) is 0. The van der Waals surface area contributed by atoms with Crippen molar-refractivity contribution < 1.29 is 9.59 Å². The van der Waals surface area contributed by atoms with Crippen LogP contribution in [0.4, 0.5) is 0 Å². The van der Waals surface area contributed by atoms with E-state index in [1.165, 1.54) is 12.8 Å². The van der Waals surface area contributed by atoms with Gasteiger partial charge in [0.1, 0.15) is 0 Å². The van der Waals surface area contributed by atoms with E-state index >= 15 is 0 Å². The molecule has 5 heteroatoms. The van der Waals surface area contributed by atoms with Gasteiger partial charge in [0.15, 0.2) is 0 Å². The van der Waals surface area contributed by atoms with E-state index in [2.05, 4.69) is 12.3 Å². The molecule has 98 valence electrons. The minimum atomic E-state index is -0.216. The summed E-state index contributed by atoms with van der Waals surface area (Å²) < 4.78 is 0. The standard InChI is InChI=1S/C12H23N3O2/c1-2-3-10-4-5-12(17)15(8-6-10)9-7-11(16)14-13/h10H,2-9,13H2,1H3,(H,14,16). The summed E-state index contributed by atoms with van der Waals surface area (Å²) in [6.45, 7) is 3.44. The molecule has 1 saturated heterocycles. The molecule has 1 aliphatic rings. The lowest BCUT2D eigenvalue weighted by atomic mass is 9.96. The van der Waals surface area contributed by atoms with Gasteiger partial charge in [-0.05, 0) is 18.8 Å². The molecule has 1 aliphatic heterocycles. The van der Waals surface area contributed by atoms with Gasteiger partial charge < -0.3 is 4.90 Å². The van der Waals surface area contributed by atoms with Crippen LogP contribution < -0.4 is 11.3 Å². The number of likely N-dealkylation sites (tertiary alicyclic amines) is 1. The third-order valence-electron chi connectivity index (χ3n) is 3.39. The monoisotopic (exact) mass is 241 g/mol. The van der Waals surface area contributed by atoms with Gasteiger partial charge in [-0.2, -0.15) is 0 Å². The van der Waals surface area contributed by atoms with Crippen LogP contribution in [0.25, 0.3) is 0 Å². The minimum Gasteiger partial charge on any atom is -0.342 e. The molecule has 0 aromatic carbocycles. The highest BCUT2D eigenvalue weighted by atomic mass is 16.2. The molecule has 5 nitrogen and oxygen atoms in total. The number of carbonyl (C=O) groups excluding carboxylic acids is 2. The van der Waals surface area contributed by atoms with Crippen LogP contribution in [0.1, 0.15) is 45.4 Å². The van der Waals surface area contributed by atoms with Crippen molar-refractivity contribution in [3.8, 4) is 0 Å². The van der Waals surface area contributed by atoms with E-state index in [9.17, 15) is 9.59 Å². The van der Waals surface area contributed by atoms with Crippen molar-refractivity contribution in [2.24, 2.45) is 11.8 Å². The number of nitrogens with two attached hydrogens (primary N) is 1. The van der Waals surface area contributed by atoms with Gasteiger partial charge in [-0.3, -0.25) is 15.0 Å². The Hall–Kier alpha value is -1.10. The fourth-order valence-electron chi connectivity index (χ4n) is 2.34. The summed E-state index contributed by atoms with van der Waals surface area (Å²) in [5, 5.41) is 0. The normalized spacial score (nSPS) is 21.2. The maximum absolute atomic E-state index is 11.8. The third-order valence-corrected chi connectivity index (χ3v) is 3.39. The number of hydrogen-bond acceptors (Lipinski definition) is 3. The fourth-order valence-corrected chi connectivity index (χ4v) is 2.34. The predicted molar refractivity (Wildman–Crippen MR) is 65.8 cm³/mol. The van der Waals surface area contributed by atoms with Crippen LogP contribution in [0.15, 0.2) is 0 Å². The molecule has 0 spiro atoms. The molecule has 1 heterocycles. The van der Waals surface area contributed by atoms with Gasteiger partial charge >= 0.3 is 0 Å². The van der Waals surface area contributed by atoms with E-state index < -0.39 is 0 Å². The van der Waals surface area contributed by atoms with E-state index in [1.807, 2.05) is 0 Å². The summed E-state index contributed by atoms with van der Waals surface area (Å²) in [6.07, 6.45) is 5.34. The Labute approximate surface area is 103 Å². The van der Waals surface area contributed by atoms with Gasteiger partial charge in [0, 0.05) is 25.9 Å². The highest BCUT2D eigenvalue weighted by molar-refractivity contribution is 5.78. The Balaban J connectivity index is 2.39. The minimum absolute atomic E-state index is 0.174. The van der Waals surface area contributed by atoms with Crippen molar-refractivity contribution in [1.82, 2.24) is 10.3 Å². The van der Waals surface area contributed by atoms with Crippen LogP contribution in [0.5, 0.6) is 0 Å². The molecule has 0 radical (unpaired) electrons. The molecule has 0 aliphatic carbocycles. The summed E-state index contributed by atoms with van der Waals surface area (Å²) in [5.74, 6) is 5.63. The average Bonchev–Trinajstić information content (AvgIpc) is 2.50. The van der Waals surface area contributed by atoms with Crippen LogP contribution in [0.3, 0.4) is 0 Å². The molecule has 3 N–H and O–H groups in total. The van der Waals surface area contributed by atoms with Crippen molar-refractivity contribution in [3.05, 3.63) is 0 Å². The predicted octanol–water partition coefficient (Wildman–Crippen LogP) is 0.795. The quantitative estimate of drug-likeness (QED) is 0.424. The van der Waals surface area contributed by atoms with Crippen molar-refractivity contribution in [1.29, 1.82) is 0 Å². The Bertz CT molecular complexity index is 268. The van der Waals surface area contributed by atoms with Gasteiger partial charge in [0.2, 0.25) is 11.8 Å². The number of hydrogen-bond donors (Lipinski definition) is 2. The molecular weight excluding hydrogens is 218 g/mol. The van der Waals surface area contributed by atoms with Crippen molar-refractivity contribution in [3.63, 3.8) is 0 Å². The van der Waals surface area contributed by atoms with Gasteiger partial charge in [0.05, 0.1) is 0 Å². The first kappa shape index (κ1) is 14.0. The number of nitrogens with zero attached hydrogens (tertiary/aromatic N) is 1. The molecule has 1 unspecified atom stereocenters. The van der Waals surface area contributed by atoms with Crippen LogP contribution in [0.2, 0.25) is 0 Å². The second-order valence-electron chi connectivity index (χ2n) is 4.68. The first-order valence-electron chi connectivity index (χ1n) is 6.44. The van der Waals surface area contributed by atoms with Crippen molar-refractivity contribution in [2.75, 3.05) is 13.1 Å². The molecule has 0 aromatic heterocycles. The van der Waals surface area contributed by atoms with Gasteiger partial charge in [0.25, 0.3) is 0 Å². The van der Waals surface area contributed by atoms with E-state index in [0.717, 1.165) is 19.4 Å². The molecule has 1 atom stereocenters. The van der Waals surface area contributed by atoms with E-state index in [0.29, 0.717) is 25.3 Å². The highest BCUT2D eigenvalue weighted by Crippen LogP contribution is 2.22. The lowest BCUT2D eigenvalue weighted by Gasteiger charge is -2.20. The number of nitrogens with one attached hydrogen (secondary N) is 1. The van der Waals surface area contributed by atoms with E-state index in [4.69, 9.17) is 5.84 Å². The molecule has 2 amide bonds. The van der Waals surface area contributed by atoms with Crippen LogP contribution in [-0.2, 0) is 9.59 Å². The molecule has 17 heavy (non-hydrogen) atoms. The summed E-state index contributed by atoms with van der Waals surface area (Å²) in [6, 6.07) is 0. The second-order valence-corrected chi connectivity index (χ2v) is 4.68. The second kappa shape index (κ2) is 7.27. The maximum Gasteiger partial charge on any atom is 0.235 e. The number of amides is 2. The zero-order valence-corrected chi connectivity index (χ0v) is 10.6. The van der Waals surface area contributed by atoms with Gasteiger partial charge in [-0.25, -0.2) is 5.84 Å². The molecule has 1 rings (SSSR count). The van der Waals surface area contributed by atoms with Crippen LogP contribution in [0, 0.1) is 5.92 Å². The van der Waals surface area contributed by atoms with Crippen LogP contribution in [-0.4, -0.2) is 29.8 Å². The van der Waals surface area contributed by atoms with E-state index in [1.54, 1.807) is 4.90 Å². The largest absolute Gasteiger partial charge is 0.342 e. The molecular formula is C12H23N3O2. The number of rotatable bonds is 5. The zero-order valence-electron chi connectivity index (χ0n) is 10.6. The Morgan fingerprint density at radius 2 is 2.29 bits per heavy atom. The molecule has 0 saturated carbocycles. The first-order chi connectivity index (χ1) is 8.17. The SMILES string of the molecule is CCCC1CCC(=O)N(CCC(=O)NN)CC1. The smallest absolute Gasteiger partial charge is 0.235 e. The topological polar surface area (TPSA) is 75.4 Å². The fraction of sp³-hybridized carbons (Fsp3) is 0.833. The molecule has 0 bridgehead atoms. The van der Waals surface area contributed by atoms with Gasteiger partial charge in [-0.1, -0.05) is 19.8 Å². The summed E-state index contributed by atoms with van der Waals surface area (Å²) in [5.41, 5.74) is 2.09. The average molecular weight is 241 g/mol. The number of carbonyl (C=O) groups is 2. The summed E-state index contributed by atoms with van der Waals surface area (Å²) in [4.78, 5) is 24.7. The Kier molecular flexibility index (Phi) is 5.97. The lowest BCUT2D eigenvalue weighted by Crippen LogP contribution is -2.36. The first-order valence-corrected chi connectivity index (χ1v) is 6.44. The third kappa shape index (κ3) is 4.73. The molecule has 1 fully saturated rings.